The Morgan fingerprint density at radius 3 is 2.28 bits per heavy atom. The number of nitro groups is 1. The van der Waals surface area contributed by atoms with Crippen LogP contribution in [0.25, 0.3) is 0 Å². The minimum atomic E-state index is -2.80. The molecular formula is C22H25N2O4P. The molecule has 3 rings (SSSR count). The summed E-state index contributed by atoms with van der Waals surface area (Å²) in [6.45, 7) is 9.92. The van der Waals surface area contributed by atoms with E-state index in [1.807, 2.05) is 56.3 Å². The molecule has 0 bridgehead atoms. The zero-order valence-electron chi connectivity index (χ0n) is 17.2. The van der Waals surface area contributed by atoms with Gasteiger partial charge in [-0.3, -0.25) is 10.1 Å². The Kier molecular flexibility index (Phi) is 5.67. The lowest BCUT2D eigenvalue weighted by Gasteiger charge is -2.35. The lowest BCUT2D eigenvalue weighted by molar-refractivity contribution is -0.384. The van der Waals surface area contributed by atoms with E-state index in [-0.39, 0.29) is 5.69 Å². The van der Waals surface area contributed by atoms with Gasteiger partial charge in [0.1, 0.15) is 11.5 Å². The van der Waals surface area contributed by atoms with E-state index in [0.717, 1.165) is 11.3 Å². The van der Waals surface area contributed by atoms with Gasteiger partial charge in [-0.25, -0.2) is 4.74 Å². The maximum Gasteiger partial charge on any atom is 0.271 e. The number of aryl methyl sites for hydroxylation is 2. The molecule has 0 fully saturated rings. The summed E-state index contributed by atoms with van der Waals surface area (Å²) in [6, 6.07) is 18.0. The number of benzene rings is 2. The number of para-hydroxylation sites is 1. The van der Waals surface area contributed by atoms with E-state index in [2.05, 4.69) is 20.8 Å². The van der Waals surface area contributed by atoms with Crippen molar-refractivity contribution in [3.05, 3.63) is 82.1 Å². The lowest BCUT2D eigenvalue weighted by atomic mass is 10.2. The van der Waals surface area contributed by atoms with Gasteiger partial charge >= 0.3 is 0 Å². The monoisotopic (exact) mass is 412 g/mol. The lowest BCUT2D eigenvalue weighted by Crippen LogP contribution is -2.26. The molecule has 1 heterocycles. The topological polar surface area (TPSA) is 77.9 Å². The number of hydrogen-bond acceptors (Lipinski definition) is 5. The second-order valence-electron chi connectivity index (χ2n) is 7.86. The summed E-state index contributed by atoms with van der Waals surface area (Å²) in [7, 11) is -2.80. The van der Waals surface area contributed by atoms with Crippen molar-refractivity contribution in [2.75, 3.05) is 0 Å². The highest BCUT2D eigenvalue weighted by molar-refractivity contribution is 7.70. The molecule has 1 atom stereocenters. The quantitative estimate of drug-likeness (QED) is 0.264. The van der Waals surface area contributed by atoms with E-state index in [1.54, 1.807) is 6.07 Å². The van der Waals surface area contributed by atoms with Crippen LogP contribution in [0.2, 0.25) is 0 Å². The zero-order valence-corrected chi connectivity index (χ0v) is 18.1. The van der Waals surface area contributed by atoms with Crippen molar-refractivity contribution < 1.29 is 13.9 Å². The van der Waals surface area contributed by atoms with E-state index in [1.165, 1.54) is 12.1 Å². The molecule has 2 aromatic carbocycles. The maximum atomic E-state index is 11.3. The first-order chi connectivity index (χ1) is 13.6. The maximum absolute atomic E-state index is 11.3. The fourth-order valence-corrected chi connectivity index (χ4v) is 5.88. The van der Waals surface area contributed by atoms with Crippen LogP contribution in [-0.2, 0) is 0 Å². The molecule has 0 aliphatic carbocycles. The smallest absolute Gasteiger partial charge is 0.271 e. The molecule has 0 N–H and O–H groups in total. The Morgan fingerprint density at radius 1 is 1.03 bits per heavy atom. The van der Waals surface area contributed by atoms with E-state index >= 15 is 0 Å². The number of nitro benzene ring substituents is 1. The molecule has 152 valence electrons. The van der Waals surface area contributed by atoms with Crippen LogP contribution in [0.1, 0.15) is 32.1 Å². The van der Waals surface area contributed by atoms with Crippen LogP contribution in [0.4, 0.5) is 11.4 Å². The molecule has 0 amide bonds. The second kappa shape index (κ2) is 7.88. The first-order valence-corrected chi connectivity index (χ1v) is 11.0. The number of furan rings is 1. The summed E-state index contributed by atoms with van der Waals surface area (Å²) in [5, 5.41) is 10.9. The summed E-state index contributed by atoms with van der Waals surface area (Å²) in [5.74, 6) is 1.44. The normalized spacial score (nSPS) is 13.6. The van der Waals surface area contributed by atoms with Gasteiger partial charge in [0.25, 0.3) is 5.69 Å². The average Bonchev–Trinajstić information content (AvgIpc) is 3.09. The molecular weight excluding hydrogens is 387 g/mol. The van der Waals surface area contributed by atoms with Gasteiger partial charge in [0.05, 0.1) is 10.6 Å². The predicted octanol–water partition coefficient (Wildman–Crippen LogP) is 6.76. The van der Waals surface area contributed by atoms with Gasteiger partial charge in [-0.15, -0.1) is 0 Å². The van der Waals surface area contributed by atoms with Crippen molar-refractivity contribution in [2.24, 2.45) is 4.74 Å². The molecule has 0 unspecified atom stereocenters. The molecule has 0 spiro atoms. The highest BCUT2D eigenvalue weighted by atomic mass is 31.2. The van der Waals surface area contributed by atoms with Crippen molar-refractivity contribution in [3.8, 4) is 5.75 Å². The van der Waals surface area contributed by atoms with Gasteiger partial charge in [0.2, 0.25) is 7.28 Å². The Balaban J connectivity index is 2.34. The van der Waals surface area contributed by atoms with Gasteiger partial charge in [-0.05, 0) is 43.7 Å². The largest absolute Gasteiger partial charge is 0.457 e. The van der Waals surface area contributed by atoms with Gasteiger partial charge in [0, 0.05) is 17.3 Å². The van der Waals surface area contributed by atoms with Crippen LogP contribution in [-0.4, -0.2) is 10.1 Å². The van der Waals surface area contributed by atoms with Crippen molar-refractivity contribution in [1.82, 2.24) is 0 Å². The molecule has 7 heteroatoms. The van der Waals surface area contributed by atoms with Crippen LogP contribution in [0.15, 0.2) is 69.8 Å². The summed E-state index contributed by atoms with van der Waals surface area (Å²) in [5.41, 5.74) is 2.02. The van der Waals surface area contributed by atoms with Crippen molar-refractivity contribution >= 4 is 24.2 Å². The van der Waals surface area contributed by atoms with Crippen molar-refractivity contribution in [1.29, 1.82) is 0 Å². The predicted molar refractivity (Wildman–Crippen MR) is 117 cm³/mol. The second-order valence-corrected chi connectivity index (χ2v) is 11.2. The summed E-state index contributed by atoms with van der Waals surface area (Å²) in [6.07, 6.45) is 0. The molecule has 0 radical (unpaired) electrons. The number of rotatable bonds is 5. The van der Waals surface area contributed by atoms with E-state index in [9.17, 15) is 10.1 Å². The third-order valence-electron chi connectivity index (χ3n) is 4.57. The first kappa shape index (κ1) is 20.9. The van der Waals surface area contributed by atoms with Crippen molar-refractivity contribution in [3.63, 3.8) is 0 Å². The first-order valence-electron chi connectivity index (χ1n) is 9.31. The summed E-state index contributed by atoms with van der Waals surface area (Å²) < 4.78 is 17.7. The van der Waals surface area contributed by atoms with Crippen LogP contribution in [0, 0.1) is 24.0 Å². The van der Waals surface area contributed by atoms with Crippen molar-refractivity contribution in [2.45, 2.75) is 39.8 Å². The van der Waals surface area contributed by atoms with Crippen LogP contribution < -0.4 is 10.0 Å². The SMILES string of the molecule is Cc1ccc([P@](=Nc2cc([N+](=O)[O-])ccc2C)(Oc2ccccc2)C(C)(C)C)o1. The zero-order chi connectivity index (χ0) is 21.2. The van der Waals surface area contributed by atoms with Gasteiger partial charge in [-0.2, -0.15) is 0 Å². The van der Waals surface area contributed by atoms with E-state index in [4.69, 9.17) is 13.7 Å². The highest BCUT2D eigenvalue weighted by Crippen LogP contribution is 2.62. The number of nitrogens with zero attached hydrogens (tertiary/aromatic N) is 2. The Bertz CT molecular complexity index is 1080. The highest BCUT2D eigenvalue weighted by Gasteiger charge is 2.41. The number of non-ortho nitro benzene ring substituents is 1. The fourth-order valence-electron chi connectivity index (χ4n) is 2.92. The molecule has 6 nitrogen and oxygen atoms in total. The summed E-state index contributed by atoms with van der Waals surface area (Å²) in [4.78, 5) is 10.9. The van der Waals surface area contributed by atoms with E-state index < -0.39 is 17.4 Å². The minimum Gasteiger partial charge on any atom is -0.457 e. The molecule has 0 aliphatic rings. The molecule has 1 aromatic heterocycles. The van der Waals surface area contributed by atoms with Crippen LogP contribution >= 0.6 is 7.28 Å². The molecule has 29 heavy (non-hydrogen) atoms. The summed E-state index contributed by atoms with van der Waals surface area (Å²) >= 11 is 0. The molecule has 0 aliphatic heterocycles. The van der Waals surface area contributed by atoms with Crippen LogP contribution in [0.5, 0.6) is 5.75 Å². The third kappa shape index (κ3) is 4.28. The van der Waals surface area contributed by atoms with Gasteiger partial charge in [-0.1, -0.05) is 45.0 Å². The fraction of sp³-hybridized carbons (Fsp3) is 0.273. The third-order valence-corrected chi connectivity index (χ3v) is 8.20. The molecule has 0 saturated heterocycles. The Morgan fingerprint density at radius 2 is 1.72 bits per heavy atom. The van der Waals surface area contributed by atoms with Gasteiger partial charge in [0.15, 0.2) is 5.50 Å². The van der Waals surface area contributed by atoms with Crippen LogP contribution in [0.3, 0.4) is 0 Å². The Hall–Kier alpha value is -2.85. The van der Waals surface area contributed by atoms with Gasteiger partial charge < -0.3 is 8.94 Å². The molecule has 0 saturated carbocycles. The molecule has 3 aromatic rings. The minimum absolute atomic E-state index is 0.00306. The Labute approximate surface area is 170 Å². The number of hydrogen-bond donors (Lipinski definition) is 0. The standard InChI is InChI=1S/C22H25N2O4P/c1-16-11-13-18(24(25)26)15-20(16)23-29(22(3,4)5,21-14-12-17(2)27-21)28-19-9-7-6-8-10-19/h6-15H,1-5H3/t29-/m0/s1. The average molecular weight is 412 g/mol. The van der Waals surface area contributed by atoms with E-state index in [0.29, 0.717) is 16.9 Å².